The Kier molecular flexibility index (Phi) is 5.63. The van der Waals surface area contributed by atoms with Gasteiger partial charge >= 0.3 is 0 Å². The van der Waals surface area contributed by atoms with E-state index in [1.165, 1.54) is 6.07 Å². The molecule has 1 N–H and O–H groups in total. The SMILES string of the molecule is CN(C(=O)c1nn(-c2ccccc2F)c2c1CCC2)C1CCNCC1.Cl. The molecular formula is C19H24ClFN4O. The quantitative estimate of drug-likeness (QED) is 0.893. The van der Waals surface area contributed by atoms with Crippen LogP contribution in [0.1, 0.15) is 41.0 Å². The van der Waals surface area contributed by atoms with Crippen LogP contribution in [0.2, 0.25) is 0 Å². The zero-order valence-electron chi connectivity index (χ0n) is 14.9. The molecule has 1 aliphatic heterocycles. The molecule has 26 heavy (non-hydrogen) atoms. The first-order valence-corrected chi connectivity index (χ1v) is 9.00. The Balaban J connectivity index is 0.00000196. The lowest BCUT2D eigenvalue weighted by Gasteiger charge is -2.31. The van der Waals surface area contributed by atoms with Gasteiger partial charge in [-0.25, -0.2) is 9.07 Å². The van der Waals surface area contributed by atoms with E-state index in [4.69, 9.17) is 0 Å². The number of nitrogens with zero attached hydrogens (tertiary/aromatic N) is 3. The van der Waals surface area contributed by atoms with Gasteiger partial charge in [-0.15, -0.1) is 12.4 Å². The fourth-order valence-corrected chi connectivity index (χ4v) is 3.96. The van der Waals surface area contributed by atoms with Crippen LogP contribution in [0.4, 0.5) is 4.39 Å². The molecule has 2 heterocycles. The molecule has 0 bridgehead atoms. The monoisotopic (exact) mass is 378 g/mol. The fraction of sp³-hybridized carbons (Fsp3) is 0.474. The average molecular weight is 379 g/mol. The van der Waals surface area contributed by atoms with Crippen LogP contribution < -0.4 is 5.32 Å². The summed E-state index contributed by atoms with van der Waals surface area (Å²) < 4.78 is 15.9. The molecule has 0 spiro atoms. The number of fused-ring (bicyclic) bond motifs is 1. The van der Waals surface area contributed by atoms with E-state index in [9.17, 15) is 9.18 Å². The minimum Gasteiger partial charge on any atom is -0.337 e. The van der Waals surface area contributed by atoms with Gasteiger partial charge in [0.25, 0.3) is 5.91 Å². The number of benzene rings is 1. The Morgan fingerprint density at radius 2 is 2.00 bits per heavy atom. The number of piperidine rings is 1. The molecule has 4 rings (SSSR count). The highest BCUT2D eigenvalue weighted by Gasteiger charge is 2.31. The molecule has 1 aromatic carbocycles. The van der Waals surface area contributed by atoms with Gasteiger partial charge in [-0.2, -0.15) is 5.10 Å². The summed E-state index contributed by atoms with van der Waals surface area (Å²) in [5.41, 5.74) is 2.89. The number of para-hydroxylation sites is 1. The third-order valence-electron chi connectivity index (χ3n) is 5.39. The van der Waals surface area contributed by atoms with E-state index < -0.39 is 0 Å². The minimum absolute atomic E-state index is 0. The van der Waals surface area contributed by atoms with Crippen LogP contribution in [0.25, 0.3) is 5.69 Å². The molecule has 0 saturated carbocycles. The second-order valence-electron chi connectivity index (χ2n) is 6.89. The Hall–Kier alpha value is -1.92. The van der Waals surface area contributed by atoms with Gasteiger partial charge in [0.05, 0.1) is 0 Å². The summed E-state index contributed by atoms with van der Waals surface area (Å²) in [6, 6.07) is 6.85. The van der Waals surface area contributed by atoms with Crippen molar-refractivity contribution in [2.45, 2.75) is 38.1 Å². The molecule has 0 atom stereocenters. The van der Waals surface area contributed by atoms with Crippen molar-refractivity contribution in [3.63, 3.8) is 0 Å². The van der Waals surface area contributed by atoms with Crippen molar-refractivity contribution in [2.75, 3.05) is 20.1 Å². The molecule has 0 radical (unpaired) electrons. The van der Waals surface area contributed by atoms with E-state index in [-0.39, 0.29) is 30.2 Å². The highest BCUT2D eigenvalue weighted by Crippen LogP contribution is 2.29. The van der Waals surface area contributed by atoms with Crippen LogP contribution in [0.3, 0.4) is 0 Å². The lowest BCUT2D eigenvalue weighted by atomic mass is 10.0. The van der Waals surface area contributed by atoms with Gasteiger partial charge in [0, 0.05) is 24.3 Å². The topological polar surface area (TPSA) is 50.2 Å². The van der Waals surface area contributed by atoms with Gasteiger partial charge in [0.15, 0.2) is 5.69 Å². The number of nitrogens with one attached hydrogen (secondary N) is 1. The van der Waals surface area contributed by atoms with E-state index >= 15 is 0 Å². The van der Waals surface area contributed by atoms with Crippen LogP contribution >= 0.6 is 12.4 Å². The summed E-state index contributed by atoms with van der Waals surface area (Å²) in [7, 11) is 1.86. The Morgan fingerprint density at radius 1 is 1.27 bits per heavy atom. The number of amides is 1. The van der Waals surface area contributed by atoms with Crippen molar-refractivity contribution in [3.8, 4) is 5.69 Å². The average Bonchev–Trinajstić information content (AvgIpc) is 3.24. The summed E-state index contributed by atoms with van der Waals surface area (Å²) in [5, 5.41) is 7.87. The van der Waals surface area contributed by atoms with Crippen molar-refractivity contribution in [2.24, 2.45) is 0 Å². The maximum atomic E-state index is 14.2. The van der Waals surface area contributed by atoms with Crippen LogP contribution in [0.15, 0.2) is 24.3 Å². The van der Waals surface area contributed by atoms with E-state index in [2.05, 4.69) is 10.4 Å². The molecule has 1 amide bonds. The highest BCUT2D eigenvalue weighted by atomic mass is 35.5. The highest BCUT2D eigenvalue weighted by molar-refractivity contribution is 5.94. The number of halogens is 2. The zero-order chi connectivity index (χ0) is 17.4. The van der Waals surface area contributed by atoms with E-state index in [1.54, 1.807) is 22.9 Å². The third-order valence-corrected chi connectivity index (χ3v) is 5.39. The summed E-state index contributed by atoms with van der Waals surface area (Å²) in [5.74, 6) is -0.356. The Labute approximate surface area is 159 Å². The number of hydrogen-bond donors (Lipinski definition) is 1. The molecule has 2 aliphatic rings. The summed E-state index contributed by atoms with van der Waals surface area (Å²) >= 11 is 0. The number of hydrogen-bond acceptors (Lipinski definition) is 3. The first kappa shape index (κ1) is 18.9. The second kappa shape index (κ2) is 7.76. The molecular weight excluding hydrogens is 355 g/mol. The van der Waals surface area contributed by atoms with Crippen molar-refractivity contribution < 1.29 is 9.18 Å². The molecule has 1 aromatic heterocycles. The smallest absolute Gasteiger partial charge is 0.274 e. The van der Waals surface area contributed by atoms with Crippen molar-refractivity contribution in [3.05, 3.63) is 47.0 Å². The summed E-state index contributed by atoms with van der Waals surface area (Å²) in [6.07, 6.45) is 4.57. The largest absolute Gasteiger partial charge is 0.337 e. The third kappa shape index (κ3) is 3.23. The molecule has 5 nitrogen and oxygen atoms in total. The predicted octanol–water partition coefficient (Wildman–Crippen LogP) is 2.75. The molecule has 1 fully saturated rings. The molecule has 0 unspecified atom stereocenters. The van der Waals surface area contributed by atoms with Gasteiger partial charge in [-0.3, -0.25) is 4.79 Å². The Bertz CT molecular complexity index is 801. The van der Waals surface area contributed by atoms with Crippen molar-refractivity contribution >= 4 is 18.3 Å². The molecule has 2 aromatic rings. The van der Waals surface area contributed by atoms with Crippen LogP contribution in [-0.2, 0) is 12.8 Å². The minimum atomic E-state index is -0.314. The maximum Gasteiger partial charge on any atom is 0.274 e. The van der Waals surface area contributed by atoms with Gasteiger partial charge < -0.3 is 10.2 Å². The van der Waals surface area contributed by atoms with Crippen molar-refractivity contribution in [1.82, 2.24) is 20.0 Å². The lowest BCUT2D eigenvalue weighted by molar-refractivity contribution is 0.0695. The number of carbonyl (C=O) groups is 1. The number of rotatable bonds is 3. The van der Waals surface area contributed by atoms with Crippen molar-refractivity contribution in [1.29, 1.82) is 0 Å². The number of carbonyl (C=O) groups excluding carboxylic acids is 1. The van der Waals surface area contributed by atoms with Gasteiger partial charge in [0.2, 0.25) is 0 Å². The van der Waals surface area contributed by atoms with E-state index in [0.717, 1.165) is 56.5 Å². The van der Waals surface area contributed by atoms with Crippen LogP contribution in [0.5, 0.6) is 0 Å². The lowest BCUT2D eigenvalue weighted by Crippen LogP contribution is -2.44. The Morgan fingerprint density at radius 3 is 2.73 bits per heavy atom. The second-order valence-corrected chi connectivity index (χ2v) is 6.89. The number of aromatic nitrogens is 2. The van der Waals surface area contributed by atoms with Gasteiger partial charge in [-0.1, -0.05) is 12.1 Å². The summed E-state index contributed by atoms with van der Waals surface area (Å²) in [4.78, 5) is 14.9. The van der Waals surface area contributed by atoms with Gasteiger partial charge in [0.1, 0.15) is 11.5 Å². The predicted molar refractivity (Wildman–Crippen MR) is 101 cm³/mol. The summed E-state index contributed by atoms with van der Waals surface area (Å²) in [6.45, 7) is 1.87. The first-order valence-electron chi connectivity index (χ1n) is 9.00. The molecule has 1 saturated heterocycles. The fourth-order valence-electron chi connectivity index (χ4n) is 3.96. The van der Waals surface area contributed by atoms with E-state index in [1.807, 2.05) is 11.9 Å². The van der Waals surface area contributed by atoms with Crippen LogP contribution in [-0.4, -0.2) is 46.8 Å². The molecule has 140 valence electrons. The molecule has 7 heteroatoms. The standard InChI is InChI=1S/C19H23FN4O.ClH/c1-23(13-9-11-21-12-10-13)19(25)18-14-5-4-8-16(14)24(22-18)17-7-3-2-6-15(17)20;/h2-3,6-7,13,21H,4-5,8-12H2,1H3;1H. The van der Waals surface area contributed by atoms with Crippen LogP contribution in [0, 0.1) is 5.82 Å². The zero-order valence-corrected chi connectivity index (χ0v) is 15.7. The molecule has 1 aliphatic carbocycles. The normalized spacial score (nSPS) is 16.8. The maximum absolute atomic E-state index is 14.2. The van der Waals surface area contributed by atoms with Gasteiger partial charge in [-0.05, 0) is 57.3 Å². The first-order chi connectivity index (χ1) is 12.2. The van der Waals surface area contributed by atoms with E-state index in [0.29, 0.717) is 11.4 Å².